The summed E-state index contributed by atoms with van der Waals surface area (Å²) < 4.78 is 7.07. The van der Waals surface area contributed by atoms with Gasteiger partial charge in [0.15, 0.2) is 5.95 Å². The van der Waals surface area contributed by atoms with Gasteiger partial charge in [-0.15, -0.1) is 0 Å². The molecule has 2 heterocycles. The van der Waals surface area contributed by atoms with Crippen LogP contribution in [-0.4, -0.2) is 5.27 Å². The lowest BCUT2D eigenvalue weighted by atomic mass is 9.44. The van der Waals surface area contributed by atoms with Gasteiger partial charge in [-0.25, -0.2) is 0 Å². The number of hydrogen-bond acceptors (Lipinski definition) is 3. The van der Waals surface area contributed by atoms with Crippen molar-refractivity contribution < 1.29 is 14.3 Å². The second kappa shape index (κ2) is 7.79. The second-order valence-corrected chi connectivity index (χ2v) is 9.77. The third kappa shape index (κ3) is 2.88. The largest absolute Gasteiger partial charge is 0.539 e. The van der Waals surface area contributed by atoms with Crippen molar-refractivity contribution in [1.82, 2.24) is 5.27 Å². The molecule has 7 rings (SSSR count). The molecule has 0 radical (unpaired) electrons. The van der Waals surface area contributed by atoms with E-state index in [4.69, 9.17) is 4.52 Å². The van der Waals surface area contributed by atoms with Crippen LogP contribution in [0.3, 0.4) is 0 Å². The van der Waals surface area contributed by atoms with E-state index >= 15 is 0 Å². The maximum Gasteiger partial charge on any atom is 0.251 e. The Hall–Kier alpha value is -4.44. The van der Waals surface area contributed by atoms with Crippen molar-refractivity contribution in [3.05, 3.63) is 132 Å². The first-order valence-electron chi connectivity index (χ1n) is 12.3. The van der Waals surface area contributed by atoms with Crippen molar-refractivity contribution in [2.24, 2.45) is 0 Å². The molecule has 1 aliphatic carbocycles. The molecule has 4 aromatic carbocycles. The Bertz CT molecular complexity index is 1650. The number of allylic oxidation sites excluding steroid dienone is 2. The lowest BCUT2D eigenvalue weighted by Crippen LogP contribution is -2.65. The molecule has 174 valence electrons. The zero-order chi connectivity index (χ0) is 24.2. The Labute approximate surface area is 209 Å². The molecule has 2 unspecified atom stereocenters. The summed E-state index contributed by atoms with van der Waals surface area (Å²) in [4.78, 5) is 0. The van der Waals surface area contributed by atoms with Crippen molar-refractivity contribution >= 4 is 22.9 Å². The van der Waals surface area contributed by atoms with Gasteiger partial charge in [0.2, 0.25) is 5.69 Å². The van der Waals surface area contributed by atoms with Gasteiger partial charge in [0.25, 0.3) is 5.69 Å². The van der Waals surface area contributed by atoms with E-state index in [2.05, 4.69) is 84.2 Å². The van der Waals surface area contributed by atoms with Crippen LogP contribution in [0.1, 0.15) is 35.2 Å². The molecule has 0 amide bonds. The number of hydrogen-bond donors (Lipinski definition) is 0. The zero-order valence-electron chi connectivity index (χ0n) is 19.7. The fourth-order valence-electron chi connectivity index (χ4n) is 6.15. The summed E-state index contributed by atoms with van der Waals surface area (Å²) in [5, 5.41) is 19.8. The summed E-state index contributed by atoms with van der Waals surface area (Å²) in [6, 6.07) is 33.3. The van der Waals surface area contributed by atoms with Gasteiger partial charge in [-0.1, -0.05) is 109 Å². The van der Waals surface area contributed by atoms with Gasteiger partial charge in [0, 0.05) is 17.0 Å². The molecular formula is C32H24N2O2. The monoisotopic (exact) mass is 468 g/mol. The molecule has 0 N–H and O–H groups in total. The highest BCUT2D eigenvalue weighted by Gasteiger charge is 2.67. The smallest absolute Gasteiger partial charge is 0.251 e. The minimum atomic E-state index is -0.569. The highest BCUT2D eigenvalue weighted by molar-refractivity contribution is 5.86. The predicted octanol–water partition coefficient (Wildman–Crippen LogP) is 5.89. The number of aromatic nitrogens is 2. The molecule has 2 aliphatic rings. The first kappa shape index (κ1) is 20.9. The van der Waals surface area contributed by atoms with Gasteiger partial charge in [0.05, 0.1) is 10.7 Å². The molecule has 2 atom stereocenters. The van der Waals surface area contributed by atoms with E-state index in [9.17, 15) is 5.11 Å². The van der Waals surface area contributed by atoms with Gasteiger partial charge in [-0.2, -0.15) is 0 Å². The fourth-order valence-corrected chi connectivity index (χ4v) is 6.15. The van der Waals surface area contributed by atoms with Gasteiger partial charge in [-0.3, -0.25) is 0 Å². The summed E-state index contributed by atoms with van der Waals surface area (Å²) in [5.41, 5.74) is 3.94. The van der Waals surface area contributed by atoms with E-state index < -0.39 is 10.8 Å². The van der Waals surface area contributed by atoms with Crippen LogP contribution in [0.5, 0.6) is 5.95 Å². The van der Waals surface area contributed by atoms with E-state index in [0.29, 0.717) is 5.69 Å². The topological polar surface area (TPSA) is 53.0 Å². The van der Waals surface area contributed by atoms with Crippen LogP contribution in [-0.2, 0) is 10.8 Å². The zero-order valence-corrected chi connectivity index (χ0v) is 19.7. The minimum Gasteiger partial charge on any atom is -0.539 e. The summed E-state index contributed by atoms with van der Waals surface area (Å²) in [5.74, 6) is -0.372. The van der Waals surface area contributed by atoms with Crippen molar-refractivity contribution in [3.63, 3.8) is 0 Å². The normalized spacial score (nSPS) is 22.3. The lowest BCUT2D eigenvalue weighted by Gasteiger charge is -2.56. The fraction of sp³-hybridized carbons (Fsp3) is 0.125. The number of benzene rings is 4. The summed E-state index contributed by atoms with van der Waals surface area (Å²) in [6.07, 6.45) is 10.6. The summed E-state index contributed by atoms with van der Waals surface area (Å²) in [6.45, 7) is 0. The third-order valence-electron chi connectivity index (χ3n) is 8.04. The van der Waals surface area contributed by atoms with Crippen LogP contribution in [0.15, 0.2) is 114 Å². The van der Waals surface area contributed by atoms with Crippen molar-refractivity contribution in [3.8, 4) is 11.6 Å². The lowest BCUT2D eigenvalue weighted by molar-refractivity contribution is -0.686. The van der Waals surface area contributed by atoms with Crippen LogP contribution in [0.25, 0.3) is 28.6 Å². The van der Waals surface area contributed by atoms with Crippen LogP contribution in [0, 0.1) is 0 Å². The van der Waals surface area contributed by atoms with Gasteiger partial charge >= 0.3 is 0 Å². The maximum atomic E-state index is 13.3. The maximum absolute atomic E-state index is 13.3. The molecular weight excluding hydrogens is 444 g/mol. The molecule has 1 fully saturated rings. The molecule has 5 aromatic rings. The van der Waals surface area contributed by atoms with Crippen LogP contribution in [0.2, 0.25) is 0 Å². The molecule has 36 heavy (non-hydrogen) atoms. The van der Waals surface area contributed by atoms with E-state index in [-0.39, 0.29) is 5.95 Å². The number of fused-ring (bicyclic) bond motifs is 7. The third-order valence-corrected chi connectivity index (χ3v) is 8.04. The standard InChI is InChI=1S/C32H24N2O2/c35-30-29-32(18-16-24-11-5-2-6-12-24)20-19-31(32,17-15-23-9-3-1-4-10-23)27-21-25-13-7-8-14-26(25)22-28(27)34(29)33-36-30/h1-18,21-22H,19-20H2/b17-15+,18-16+. The molecule has 1 aliphatic heterocycles. The predicted molar refractivity (Wildman–Crippen MR) is 139 cm³/mol. The Morgan fingerprint density at radius 3 is 1.89 bits per heavy atom. The van der Waals surface area contributed by atoms with Crippen LogP contribution >= 0.6 is 0 Å². The average Bonchev–Trinajstić information content (AvgIpc) is 3.30. The van der Waals surface area contributed by atoms with Crippen molar-refractivity contribution in [2.75, 3.05) is 0 Å². The first-order chi connectivity index (χ1) is 17.7. The van der Waals surface area contributed by atoms with E-state index in [1.807, 2.05) is 42.5 Å². The van der Waals surface area contributed by atoms with E-state index in [1.165, 1.54) is 10.9 Å². The van der Waals surface area contributed by atoms with Gasteiger partial charge < -0.3 is 9.63 Å². The quantitative estimate of drug-likeness (QED) is 0.309. The Kier molecular flexibility index (Phi) is 4.52. The molecule has 4 heteroatoms. The molecule has 1 saturated carbocycles. The molecule has 0 spiro atoms. The molecule has 1 aromatic heterocycles. The second-order valence-electron chi connectivity index (χ2n) is 9.77. The van der Waals surface area contributed by atoms with Crippen LogP contribution in [0.4, 0.5) is 0 Å². The minimum absolute atomic E-state index is 0.372. The first-order valence-corrected chi connectivity index (χ1v) is 12.3. The Morgan fingerprint density at radius 1 is 0.722 bits per heavy atom. The van der Waals surface area contributed by atoms with Crippen molar-refractivity contribution in [1.29, 1.82) is 0 Å². The average molecular weight is 469 g/mol. The highest BCUT2D eigenvalue weighted by Crippen LogP contribution is 2.64. The van der Waals surface area contributed by atoms with Gasteiger partial charge in [-0.05, 0) is 45.5 Å². The highest BCUT2D eigenvalue weighted by atomic mass is 16.6. The van der Waals surface area contributed by atoms with E-state index in [0.717, 1.165) is 35.0 Å². The van der Waals surface area contributed by atoms with Crippen molar-refractivity contribution in [2.45, 2.75) is 23.7 Å². The molecule has 4 nitrogen and oxygen atoms in total. The Balaban J connectivity index is 1.52. The SMILES string of the molecule is [O-]c1on[n+]2c1C1(/C=C/c3ccccc3)CCC1(/C=C/c1ccccc1)c1cc3ccccc3cc1-2. The summed E-state index contributed by atoms with van der Waals surface area (Å²) >= 11 is 0. The van der Waals surface area contributed by atoms with Crippen LogP contribution < -0.4 is 9.79 Å². The van der Waals surface area contributed by atoms with E-state index in [1.54, 1.807) is 4.68 Å². The molecule has 0 bridgehead atoms. The summed E-state index contributed by atoms with van der Waals surface area (Å²) in [7, 11) is 0. The molecule has 0 saturated heterocycles. The number of nitrogens with zero attached hydrogens (tertiary/aromatic N) is 2. The number of rotatable bonds is 4. The van der Waals surface area contributed by atoms with Gasteiger partial charge in [0.1, 0.15) is 0 Å². The Morgan fingerprint density at radius 2 is 1.28 bits per heavy atom.